The van der Waals surface area contributed by atoms with E-state index in [1.165, 1.54) is 6.92 Å². The number of amides is 2. The van der Waals surface area contributed by atoms with Crippen molar-refractivity contribution >= 4 is 23.6 Å². The molecule has 6 heteroatoms. The number of ketones is 1. The number of carbonyl (C=O) groups excluding carboxylic acids is 4. The van der Waals surface area contributed by atoms with Crippen molar-refractivity contribution in [2.45, 2.75) is 25.8 Å². The lowest BCUT2D eigenvalue weighted by Crippen LogP contribution is -2.44. The molecule has 0 N–H and O–H groups in total. The van der Waals surface area contributed by atoms with E-state index < -0.39 is 30.5 Å². The fourth-order valence-corrected chi connectivity index (χ4v) is 3.28. The standard InChI is InChI=1S/C19H19NO5/c1-12(19(24)25-11-16(21)13-7-3-2-4-8-13)20-17(22)14-9-5-6-10-15(14)18(20)23/h2-8,12,14-15H,9-11H2,1H3/t12-,14-,15+/m0/s1. The third-order valence-electron chi connectivity index (χ3n) is 4.71. The normalized spacial score (nSPS) is 23.3. The highest BCUT2D eigenvalue weighted by Crippen LogP contribution is 2.36. The number of ether oxygens (including phenoxy) is 1. The zero-order valence-electron chi connectivity index (χ0n) is 13.9. The number of likely N-dealkylation sites (tertiary alicyclic amines) is 1. The number of benzene rings is 1. The van der Waals surface area contributed by atoms with Gasteiger partial charge in [0.05, 0.1) is 11.8 Å². The topological polar surface area (TPSA) is 80.8 Å². The van der Waals surface area contributed by atoms with E-state index in [0.717, 1.165) is 4.90 Å². The second-order valence-electron chi connectivity index (χ2n) is 6.28. The summed E-state index contributed by atoms with van der Waals surface area (Å²) >= 11 is 0. The van der Waals surface area contributed by atoms with Crippen LogP contribution in [0.1, 0.15) is 30.1 Å². The van der Waals surface area contributed by atoms with Crippen LogP contribution in [-0.2, 0) is 19.1 Å². The Kier molecular flexibility index (Phi) is 4.79. The van der Waals surface area contributed by atoms with Crippen molar-refractivity contribution in [3.8, 4) is 0 Å². The molecule has 0 bridgehead atoms. The van der Waals surface area contributed by atoms with Crippen molar-refractivity contribution in [1.82, 2.24) is 4.90 Å². The van der Waals surface area contributed by atoms with E-state index in [2.05, 4.69) is 0 Å². The van der Waals surface area contributed by atoms with Gasteiger partial charge in [0.1, 0.15) is 6.04 Å². The van der Waals surface area contributed by atoms with Gasteiger partial charge in [0.2, 0.25) is 11.8 Å². The summed E-state index contributed by atoms with van der Waals surface area (Å²) in [6, 6.07) is 7.44. The monoisotopic (exact) mass is 341 g/mol. The number of carbonyl (C=O) groups is 4. The number of fused-ring (bicyclic) bond motifs is 1. The van der Waals surface area contributed by atoms with E-state index in [1.54, 1.807) is 30.3 Å². The summed E-state index contributed by atoms with van der Waals surface area (Å²) in [6.07, 6.45) is 4.80. The molecule has 1 aromatic carbocycles. The molecule has 1 aliphatic heterocycles. The van der Waals surface area contributed by atoms with Gasteiger partial charge < -0.3 is 4.74 Å². The molecule has 1 fully saturated rings. The second-order valence-corrected chi connectivity index (χ2v) is 6.28. The van der Waals surface area contributed by atoms with Gasteiger partial charge in [0.25, 0.3) is 0 Å². The number of Topliss-reactive ketones (excluding diaryl/α,β-unsaturated/α-hetero) is 1. The number of hydrogen-bond donors (Lipinski definition) is 0. The van der Waals surface area contributed by atoms with Crippen LogP contribution < -0.4 is 0 Å². The third-order valence-corrected chi connectivity index (χ3v) is 4.71. The number of esters is 1. The van der Waals surface area contributed by atoms with E-state index in [-0.39, 0.29) is 17.6 Å². The molecule has 2 amide bonds. The van der Waals surface area contributed by atoms with Gasteiger partial charge in [-0.3, -0.25) is 19.3 Å². The molecular formula is C19H19NO5. The Morgan fingerprint density at radius 2 is 1.64 bits per heavy atom. The molecule has 0 spiro atoms. The van der Waals surface area contributed by atoms with Crippen LogP contribution in [0.2, 0.25) is 0 Å². The van der Waals surface area contributed by atoms with Gasteiger partial charge in [0, 0.05) is 5.56 Å². The smallest absolute Gasteiger partial charge is 0.329 e. The molecule has 0 radical (unpaired) electrons. The van der Waals surface area contributed by atoms with Crippen LogP contribution >= 0.6 is 0 Å². The lowest BCUT2D eigenvalue weighted by molar-refractivity contribution is -0.157. The number of allylic oxidation sites excluding steroid dienone is 2. The highest BCUT2D eigenvalue weighted by atomic mass is 16.5. The summed E-state index contributed by atoms with van der Waals surface area (Å²) in [7, 11) is 0. The average Bonchev–Trinajstić information content (AvgIpc) is 2.90. The Labute approximate surface area is 145 Å². The van der Waals surface area contributed by atoms with Crippen molar-refractivity contribution in [1.29, 1.82) is 0 Å². The maximum absolute atomic E-state index is 12.5. The van der Waals surface area contributed by atoms with Crippen LogP contribution in [0.25, 0.3) is 0 Å². The maximum Gasteiger partial charge on any atom is 0.329 e. The highest BCUT2D eigenvalue weighted by molar-refractivity contribution is 6.08. The van der Waals surface area contributed by atoms with Crippen LogP contribution in [0, 0.1) is 11.8 Å². The van der Waals surface area contributed by atoms with Crippen LogP contribution in [-0.4, -0.2) is 41.1 Å². The molecule has 0 aromatic heterocycles. The first-order valence-electron chi connectivity index (χ1n) is 8.27. The van der Waals surface area contributed by atoms with E-state index in [9.17, 15) is 19.2 Å². The minimum atomic E-state index is -1.03. The Morgan fingerprint density at radius 3 is 2.20 bits per heavy atom. The summed E-state index contributed by atoms with van der Waals surface area (Å²) in [5, 5.41) is 0. The molecule has 2 aliphatic rings. The first-order valence-corrected chi connectivity index (χ1v) is 8.27. The zero-order chi connectivity index (χ0) is 18.0. The molecule has 1 aromatic rings. The molecule has 3 atom stereocenters. The lowest BCUT2D eigenvalue weighted by Gasteiger charge is -2.21. The first kappa shape index (κ1) is 17.1. The lowest BCUT2D eigenvalue weighted by atomic mass is 9.85. The number of rotatable bonds is 5. The van der Waals surface area contributed by atoms with Gasteiger partial charge in [-0.2, -0.15) is 0 Å². The van der Waals surface area contributed by atoms with Crippen molar-refractivity contribution in [3.63, 3.8) is 0 Å². The van der Waals surface area contributed by atoms with Crippen LogP contribution in [0.15, 0.2) is 42.5 Å². The summed E-state index contributed by atoms with van der Waals surface area (Å²) in [6.45, 7) is 1.04. The molecule has 25 heavy (non-hydrogen) atoms. The molecule has 3 rings (SSSR count). The number of imide groups is 1. The van der Waals surface area contributed by atoms with Gasteiger partial charge in [-0.05, 0) is 19.8 Å². The zero-order valence-corrected chi connectivity index (χ0v) is 13.9. The molecule has 1 heterocycles. The summed E-state index contributed by atoms with van der Waals surface area (Å²) in [4.78, 5) is 50.1. The van der Waals surface area contributed by atoms with Gasteiger partial charge >= 0.3 is 5.97 Å². The largest absolute Gasteiger partial charge is 0.456 e. The Balaban J connectivity index is 1.62. The first-order chi connectivity index (χ1) is 12.0. The summed E-state index contributed by atoms with van der Waals surface area (Å²) in [5.74, 6) is -2.54. The van der Waals surface area contributed by atoms with Gasteiger partial charge in [-0.25, -0.2) is 4.79 Å². The number of hydrogen-bond acceptors (Lipinski definition) is 5. The Morgan fingerprint density at radius 1 is 1.08 bits per heavy atom. The molecule has 130 valence electrons. The van der Waals surface area contributed by atoms with E-state index in [4.69, 9.17) is 4.74 Å². The van der Waals surface area contributed by atoms with E-state index in [0.29, 0.717) is 18.4 Å². The minimum Gasteiger partial charge on any atom is -0.456 e. The maximum atomic E-state index is 12.5. The van der Waals surface area contributed by atoms with Crippen molar-refractivity contribution < 1.29 is 23.9 Å². The van der Waals surface area contributed by atoms with Gasteiger partial charge in [0.15, 0.2) is 12.4 Å². The van der Waals surface area contributed by atoms with Crippen molar-refractivity contribution in [2.75, 3.05) is 6.61 Å². The highest BCUT2D eigenvalue weighted by Gasteiger charge is 2.50. The molecule has 1 aliphatic carbocycles. The molecule has 6 nitrogen and oxygen atoms in total. The molecular weight excluding hydrogens is 322 g/mol. The van der Waals surface area contributed by atoms with Crippen LogP contribution in [0.4, 0.5) is 0 Å². The number of nitrogens with zero attached hydrogens (tertiary/aromatic N) is 1. The predicted molar refractivity (Wildman–Crippen MR) is 88.4 cm³/mol. The van der Waals surface area contributed by atoms with E-state index in [1.807, 2.05) is 12.2 Å². The van der Waals surface area contributed by atoms with Crippen molar-refractivity contribution in [2.24, 2.45) is 11.8 Å². The SMILES string of the molecule is C[C@@H](C(=O)OCC(=O)c1ccccc1)N1C(=O)[C@H]2CC=CC[C@H]2C1=O. The Bertz CT molecular complexity index is 713. The summed E-state index contributed by atoms with van der Waals surface area (Å²) in [5.41, 5.74) is 0.438. The van der Waals surface area contributed by atoms with Crippen molar-refractivity contribution in [3.05, 3.63) is 48.0 Å². The van der Waals surface area contributed by atoms with Gasteiger partial charge in [-0.1, -0.05) is 42.5 Å². The molecule has 1 saturated heterocycles. The quantitative estimate of drug-likeness (QED) is 0.353. The minimum absolute atomic E-state index is 0.335. The summed E-state index contributed by atoms with van der Waals surface area (Å²) < 4.78 is 5.03. The predicted octanol–water partition coefficient (Wildman–Crippen LogP) is 1.75. The Hall–Kier alpha value is -2.76. The fraction of sp³-hybridized carbons (Fsp3) is 0.368. The van der Waals surface area contributed by atoms with Gasteiger partial charge in [-0.15, -0.1) is 0 Å². The average molecular weight is 341 g/mol. The third kappa shape index (κ3) is 3.24. The van der Waals surface area contributed by atoms with Crippen LogP contribution in [0.5, 0.6) is 0 Å². The molecule has 0 unspecified atom stereocenters. The second kappa shape index (κ2) is 7.01. The van der Waals surface area contributed by atoms with Crippen LogP contribution in [0.3, 0.4) is 0 Å². The molecule has 0 saturated carbocycles. The van der Waals surface area contributed by atoms with E-state index >= 15 is 0 Å². The fourth-order valence-electron chi connectivity index (χ4n) is 3.28.